The number of amides is 1. The van der Waals surface area contributed by atoms with Gasteiger partial charge in [0.2, 0.25) is 0 Å². The van der Waals surface area contributed by atoms with Crippen LogP contribution in [0.4, 0.5) is 9.52 Å². The predicted octanol–water partition coefficient (Wildman–Crippen LogP) is 3.89. The van der Waals surface area contributed by atoms with Crippen molar-refractivity contribution in [3.63, 3.8) is 0 Å². The highest BCUT2D eigenvalue weighted by atomic mass is 32.2. The lowest BCUT2D eigenvalue weighted by molar-refractivity contribution is 0.0730. The summed E-state index contributed by atoms with van der Waals surface area (Å²) >= 11 is 1.18. The third-order valence-electron chi connectivity index (χ3n) is 4.58. The average molecular weight is 432 g/mol. The van der Waals surface area contributed by atoms with Gasteiger partial charge < -0.3 is 4.90 Å². The van der Waals surface area contributed by atoms with Crippen LogP contribution in [0.5, 0.6) is 0 Å². The van der Waals surface area contributed by atoms with Crippen molar-refractivity contribution >= 4 is 32.4 Å². The van der Waals surface area contributed by atoms with E-state index in [0.717, 1.165) is 18.4 Å². The summed E-state index contributed by atoms with van der Waals surface area (Å²) in [4.78, 5) is 18.7. The van der Waals surface area contributed by atoms with Crippen LogP contribution in [0.2, 0.25) is 0 Å². The fourth-order valence-electron chi connectivity index (χ4n) is 2.93. The molecule has 1 fully saturated rings. The van der Waals surface area contributed by atoms with Crippen LogP contribution in [0.3, 0.4) is 0 Å². The Morgan fingerprint density at radius 2 is 1.83 bits per heavy atom. The van der Waals surface area contributed by atoms with Gasteiger partial charge in [0.1, 0.15) is 5.82 Å². The molecule has 0 saturated heterocycles. The zero-order chi connectivity index (χ0) is 20.4. The lowest BCUT2D eigenvalue weighted by Crippen LogP contribution is -2.32. The zero-order valence-corrected chi connectivity index (χ0v) is 16.9. The molecule has 29 heavy (non-hydrogen) atoms. The molecule has 3 aromatic rings. The lowest BCUT2D eigenvalue weighted by atomic mass is 10.1. The summed E-state index contributed by atoms with van der Waals surface area (Å²) in [6.45, 7) is 0.384. The standard InChI is InChI=1S/C20H18FN3O3S2/c21-16-5-1-14(2-6-16)13-24(17-7-8-17)19(25)15-3-9-18(10-4-15)29(26,27)23-20-22-11-12-28-20/h1-6,9-12,17H,7-8,13H2,(H,22,23). The lowest BCUT2D eigenvalue weighted by Gasteiger charge is -2.23. The van der Waals surface area contributed by atoms with Crippen molar-refractivity contribution in [3.05, 3.63) is 77.1 Å². The highest BCUT2D eigenvalue weighted by Gasteiger charge is 2.33. The summed E-state index contributed by atoms with van der Waals surface area (Å²) in [6, 6.07) is 12.1. The highest BCUT2D eigenvalue weighted by molar-refractivity contribution is 7.93. The van der Waals surface area contributed by atoms with Crippen molar-refractivity contribution in [2.24, 2.45) is 0 Å². The van der Waals surface area contributed by atoms with Gasteiger partial charge in [-0.25, -0.2) is 17.8 Å². The Kier molecular flexibility index (Phi) is 5.33. The molecule has 1 aliphatic rings. The van der Waals surface area contributed by atoms with E-state index >= 15 is 0 Å². The van der Waals surface area contributed by atoms with Gasteiger partial charge in [-0.15, -0.1) is 11.3 Å². The minimum Gasteiger partial charge on any atom is -0.331 e. The van der Waals surface area contributed by atoms with Gasteiger partial charge in [-0.1, -0.05) is 12.1 Å². The molecule has 4 rings (SSSR count). The number of rotatable bonds is 7. The molecule has 1 saturated carbocycles. The maximum absolute atomic E-state index is 13.1. The Morgan fingerprint density at radius 1 is 1.14 bits per heavy atom. The van der Waals surface area contributed by atoms with E-state index < -0.39 is 10.0 Å². The fraction of sp³-hybridized carbons (Fsp3) is 0.200. The molecule has 1 heterocycles. The van der Waals surface area contributed by atoms with Crippen molar-refractivity contribution in [1.29, 1.82) is 0 Å². The Balaban J connectivity index is 1.51. The third-order valence-corrected chi connectivity index (χ3v) is 6.75. The molecule has 1 N–H and O–H groups in total. The minimum absolute atomic E-state index is 0.0563. The second-order valence-electron chi connectivity index (χ2n) is 6.76. The molecule has 9 heteroatoms. The molecule has 0 atom stereocenters. The van der Waals surface area contributed by atoms with Gasteiger partial charge in [-0.05, 0) is 54.8 Å². The number of hydrogen-bond donors (Lipinski definition) is 1. The normalized spacial score (nSPS) is 13.8. The van der Waals surface area contributed by atoms with E-state index in [9.17, 15) is 17.6 Å². The van der Waals surface area contributed by atoms with E-state index in [4.69, 9.17) is 0 Å². The Bertz CT molecular complexity index is 1090. The van der Waals surface area contributed by atoms with Gasteiger partial charge in [0.25, 0.3) is 15.9 Å². The predicted molar refractivity (Wildman–Crippen MR) is 109 cm³/mol. The van der Waals surface area contributed by atoms with Gasteiger partial charge in [-0.2, -0.15) is 0 Å². The number of nitrogens with zero attached hydrogens (tertiary/aromatic N) is 2. The monoisotopic (exact) mass is 431 g/mol. The van der Waals surface area contributed by atoms with Crippen LogP contribution in [0.1, 0.15) is 28.8 Å². The summed E-state index contributed by atoms with van der Waals surface area (Å²) in [5, 5.41) is 1.96. The Labute approximate surface area is 172 Å². The van der Waals surface area contributed by atoms with Gasteiger partial charge >= 0.3 is 0 Å². The Hall–Kier alpha value is -2.78. The molecule has 1 amide bonds. The van der Waals surface area contributed by atoms with E-state index in [1.54, 1.807) is 22.4 Å². The van der Waals surface area contributed by atoms with Crippen molar-refractivity contribution in [1.82, 2.24) is 9.88 Å². The van der Waals surface area contributed by atoms with Crippen LogP contribution in [0.15, 0.2) is 65.0 Å². The molecule has 0 bridgehead atoms. The molecular weight excluding hydrogens is 413 g/mol. The van der Waals surface area contributed by atoms with Crippen molar-refractivity contribution in [2.75, 3.05) is 4.72 Å². The molecule has 0 aliphatic heterocycles. The largest absolute Gasteiger partial charge is 0.331 e. The number of carbonyl (C=O) groups is 1. The molecule has 2 aromatic carbocycles. The SMILES string of the molecule is O=C(c1ccc(S(=O)(=O)Nc2nccs2)cc1)N(Cc1ccc(F)cc1)C1CC1. The van der Waals surface area contributed by atoms with Gasteiger partial charge in [0.05, 0.1) is 4.90 Å². The summed E-state index contributed by atoms with van der Waals surface area (Å²) in [5.74, 6) is -0.491. The van der Waals surface area contributed by atoms with E-state index in [-0.39, 0.29) is 27.8 Å². The minimum atomic E-state index is -3.77. The van der Waals surface area contributed by atoms with E-state index in [1.165, 1.54) is 53.9 Å². The van der Waals surface area contributed by atoms with E-state index in [1.807, 2.05) is 0 Å². The van der Waals surface area contributed by atoms with Crippen LogP contribution >= 0.6 is 11.3 Å². The number of benzene rings is 2. The van der Waals surface area contributed by atoms with Crippen molar-refractivity contribution < 1.29 is 17.6 Å². The average Bonchev–Trinajstić information content (AvgIpc) is 3.43. The summed E-state index contributed by atoms with van der Waals surface area (Å²) < 4.78 is 40.4. The maximum Gasteiger partial charge on any atom is 0.263 e. The van der Waals surface area contributed by atoms with Gasteiger partial charge in [0.15, 0.2) is 5.13 Å². The number of aromatic nitrogens is 1. The third kappa shape index (κ3) is 4.63. The molecule has 150 valence electrons. The smallest absolute Gasteiger partial charge is 0.263 e. The van der Waals surface area contributed by atoms with Crippen molar-refractivity contribution in [3.8, 4) is 0 Å². The van der Waals surface area contributed by atoms with E-state index in [0.29, 0.717) is 12.1 Å². The fourth-order valence-corrected chi connectivity index (χ4v) is 4.72. The first-order chi connectivity index (χ1) is 13.9. The summed E-state index contributed by atoms with van der Waals surface area (Å²) in [6.07, 6.45) is 3.37. The van der Waals surface area contributed by atoms with E-state index in [2.05, 4.69) is 9.71 Å². The first kappa shape index (κ1) is 19.5. The Morgan fingerprint density at radius 3 is 2.41 bits per heavy atom. The van der Waals surface area contributed by atoms with Gasteiger partial charge in [0, 0.05) is 29.7 Å². The number of anilines is 1. The number of thiazole rings is 1. The first-order valence-corrected chi connectivity index (χ1v) is 11.4. The molecule has 0 spiro atoms. The molecule has 1 aromatic heterocycles. The van der Waals surface area contributed by atoms with Crippen LogP contribution < -0.4 is 4.72 Å². The molecule has 0 radical (unpaired) electrons. The summed E-state index contributed by atoms with van der Waals surface area (Å²) in [7, 11) is -3.77. The first-order valence-electron chi connectivity index (χ1n) is 9.00. The van der Waals surface area contributed by atoms with Crippen LogP contribution in [0.25, 0.3) is 0 Å². The summed E-state index contributed by atoms with van der Waals surface area (Å²) in [5.41, 5.74) is 1.26. The number of halogens is 1. The van der Waals surface area contributed by atoms with Gasteiger partial charge in [-0.3, -0.25) is 9.52 Å². The topological polar surface area (TPSA) is 79.4 Å². The number of hydrogen-bond acceptors (Lipinski definition) is 5. The van der Waals surface area contributed by atoms with Crippen LogP contribution in [-0.4, -0.2) is 30.3 Å². The molecule has 1 aliphatic carbocycles. The highest BCUT2D eigenvalue weighted by Crippen LogP contribution is 2.30. The molecule has 0 unspecified atom stereocenters. The zero-order valence-electron chi connectivity index (χ0n) is 15.3. The quantitative estimate of drug-likeness (QED) is 0.616. The number of sulfonamides is 1. The van der Waals surface area contributed by atoms with Crippen LogP contribution in [-0.2, 0) is 16.6 Å². The van der Waals surface area contributed by atoms with Crippen molar-refractivity contribution in [2.45, 2.75) is 30.3 Å². The second kappa shape index (κ2) is 7.92. The maximum atomic E-state index is 13.1. The molecular formula is C20H18FN3O3S2. The second-order valence-corrected chi connectivity index (χ2v) is 9.33. The number of carbonyl (C=O) groups excluding carboxylic acids is 1. The molecule has 6 nitrogen and oxygen atoms in total. The number of nitrogens with one attached hydrogen (secondary N) is 1. The van der Waals surface area contributed by atoms with Crippen LogP contribution in [0, 0.1) is 5.82 Å².